The van der Waals surface area contributed by atoms with Crippen molar-refractivity contribution in [2.75, 3.05) is 26.6 Å². The minimum atomic E-state index is -0.0898. The zero-order valence-corrected chi connectivity index (χ0v) is 16.3. The predicted octanol–water partition coefficient (Wildman–Crippen LogP) is 4.15. The smallest absolute Gasteiger partial charge is 0.228 e. The molecular formula is C23H23NO4. The summed E-state index contributed by atoms with van der Waals surface area (Å²) < 4.78 is 16.1. The van der Waals surface area contributed by atoms with Crippen LogP contribution in [0.3, 0.4) is 0 Å². The van der Waals surface area contributed by atoms with Gasteiger partial charge >= 0.3 is 0 Å². The number of anilines is 1. The molecule has 1 aliphatic carbocycles. The Hall–Kier alpha value is -3.21. The number of amides is 1. The number of hydrogen-bond donors (Lipinski definition) is 1. The number of benzene rings is 3. The molecule has 28 heavy (non-hydrogen) atoms. The summed E-state index contributed by atoms with van der Waals surface area (Å²) in [6.07, 6.45) is 2.34. The number of nitrogens with one attached hydrogen (secondary N) is 1. The zero-order valence-electron chi connectivity index (χ0n) is 16.3. The Morgan fingerprint density at radius 3 is 2.25 bits per heavy atom. The lowest BCUT2D eigenvalue weighted by Gasteiger charge is -2.14. The third kappa shape index (κ3) is 3.13. The highest BCUT2D eigenvalue weighted by Crippen LogP contribution is 2.38. The van der Waals surface area contributed by atoms with E-state index >= 15 is 0 Å². The zero-order chi connectivity index (χ0) is 19.7. The summed E-state index contributed by atoms with van der Waals surface area (Å²) in [4.78, 5) is 12.7. The van der Waals surface area contributed by atoms with Gasteiger partial charge in [-0.15, -0.1) is 0 Å². The fraction of sp³-hybridized carbons (Fsp3) is 0.261. The van der Waals surface area contributed by atoms with Crippen LogP contribution in [-0.2, 0) is 24.1 Å². The Bertz CT molecular complexity index is 1020. The maximum atomic E-state index is 12.7. The molecule has 0 aliphatic heterocycles. The monoisotopic (exact) mass is 377 g/mol. The van der Waals surface area contributed by atoms with Crippen molar-refractivity contribution >= 4 is 22.4 Å². The molecule has 1 aliphatic rings. The van der Waals surface area contributed by atoms with Gasteiger partial charge in [0.1, 0.15) is 0 Å². The van der Waals surface area contributed by atoms with Crippen molar-refractivity contribution in [3.63, 3.8) is 0 Å². The lowest BCUT2D eigenvalue weighted by molar-refractivity contribution is -0.115. The second-order valence-corrected chi connectivity index (χ2v) is 6.87. The van der Waals surface area contributed by atoms with Crippen molar-refractivity contribution in [1.29, 1.82) is 0 Å². The number of ether oxygens (including phenoxy) is 3. The number of carbonyl (C=O) groups excluding carboxylic acids is 1. The van der Waals surface area contributed by atoms with Crippen molar-refractivity contribution in [3.05, 3.63) is 59.2 Å². The van der Waals surface area contributed by atoms with Gasteiger partial charge in [-0.3, -0.25) is 4.79 Å². The van der Waals surface area contributed by atoms with Gasteiger partial charge in [-0.05, 0) is 53.1 Å². The van der Waals surface area contributed by atoms with Crippen molar-refractivity contribution in [2.45, 2.75) is 19.3 Å². The summed E-state index contributed by atoms with van der Waals surface area (Å²) in [5, 5.41) is 5.46. The van der Waals surface area contributed by atoms with Gasteiger partial charge in [-0.25, -0.2) is 0 Å². The molecule has 4 rings (SSSR count). The highest BCUT2D eigenvalue weighted by molar-refractivity contribution is 6.05. The van der Waals surface area contributed by atoms with Crippen LogP contribution in [0.2, 0.25) is 0 Å². The predicted molar refractivity (Wildman–Crippen MR) is 110 cm³/mol. The fourth-order valence-corrected chi connectivity index (χ4v) is 3.97. The van der Waals surface area contributed by atoms with Gasteiger partial charge in [0.2, 0.25) is 11.7 Å². The maximum Gasteiger partial charge on any atom is 0.228 e. The molecule has 144 valence electrons. The lowest BCUT2D eigenvalue weighted by Crippen LogP contribution is -2.15. The molecule has 0 fully saturated rings. The van der Waals surface area contributed by atoms with Crippen molar-refractivity contribution < 1.29 is 19.0 Å². The molecule has 5 heteroatoms. The van der Waals surface area contributed by atoms with Gasteiger partial charge in [0.05, 0.1) is 27.8 Å². The second kappa shape index (κ2) is 7.43. The van der Waals surface area contributed by atoms with Gasteiger partial charge in [0.25, 0.3) is 0 Å². The van der Waals surface area contributed by atoms with Crippen LogP contribution in [-0.4, -0.2) is 27.2 Å². The van der Waals surface area contributed by atoms with Crippen LogP contribution in [0.4, 0.5) is 5.69 Å². The molecular weight excluding hydrogens is 354 g/mol. The van der Waals surface area contributed by atoms with Crippen LogP contribution in [0.25, 0.3) is 10.8 Å². The quantitative estimate of drug-likeness (QED) is 0.701. The molecule has 0 aromatic heterocycles. The largest absolute Gasteiger partial charge is 0.493 e. The summed E-state index contributed by atoms with van der Waals surface area (Å²) in [7, 11) is 4.68. The first-order valence-corrected chi connectivity index (χ1v) is 9.26. The standard InChI is InChI=1S/C23H23NO4/c1-26-19-11-14(12-20(27-2)23(19)28-3)13-21(25)24-18-10-9-16-8-7-15-5-4-6-17(18)22(15)16/h4-6,9-12H,7-8,13H2,1-3H3,(H,24,25). The van der Waals surface area contributed by atoms with Crippen LogP contribution in [0.5, 0.6) is 17.2 Å². The van der Waals surface area contributed by atoms with Gasteiger partial charge in [-0.2, -0.15) is 0 Å². The molecule has 0 atom stereocenters. The molecule has 1 N–H and O–H groups in total. The second-order valence-electron chi connectivity index (χ2n) is 6.87. The highest BCUT2D eigenvalue weighted by Gasteiger charge is 2.18. The number of methoxy groups -OCH3 is 3. The maximum absolute atomic E-state index is 12.7. The van der Waals surface area contributed by atoms with E-state index in [-0.39, 0.29) is 12.3 Å². The summed E-state index contributed by atoms with van der Waals surface area (Å²) in [6, 6.07) is 14.0. The van der Waals surface area contributed by atoms with E-state index in [0.29, 0.717) is 17.2 Å². The average Bonchev–Trinajstić information content (AvgIpc) is 3.14. The molecule has 0 unspecified atom stereocenters. The molecule has 0 saturated heterocycles. The van der Waals surface area contributed by atoms with Gasteiger partial charge in [0.15, 0.2) is 11.5 Å². The Balaban J connectivity index is 1.60. The first kappa shape index (κ1) is 18.2. The molecule has 0 saturated carbocycles. The van der Waals surface area contributed by atoms with E-state index in [0.717, 1.165) is 29.5 Å². The third-order valence-electron chi connectivity index (χ3n) is 5.24. The third-order valence-corrected chi connectivity index (χ3v) is 5.24. The Kier molecular flexibility index (Phi) is 4.82. The van der Waals surface area contributed by atoms with E-state index in [4.69, 9.17) is 14.2 Å². The van der Waals surface area contributed by atoms with Crippen LogP contribution < -0.4 is 19.5 Å². The summed E-state index contributed by atoms with van der Waals surface area (Å²) >= 11 is 0. The fourth-order valence-electron chi connectivity index (χ4n) is 3.97. The SMILES string of the molecule is COc1cc(CC(=O)Nc2ccc3c4c(cccc24)CC3)cc(OC)c1OC. The lowest BCUT2D eigenvalue weighted by atomic mass is 10.0. The van der Waals surface area contributed by atoms with Crippen LogP contribution in [0, 0.1) is 0 Å². The summed E-state index contributed by atoms with van der Waals surface area (Å²) in [6.45, 7) is 0. The van der Waals surface area contributed by atoms with Gasteiger partial charge in [-0.1, -0.05) is 24.3 Å². The minimum Gasteiger partial charge on any atom is -0.493 e. The van der Waals surface area contributed by atoms with Crippen LogP contribution in [0.1, 0.15) is 16.7 Å². The Morgan fingerprint density at radius 2 is 1.61 bits per heavy atom. The topological polar surface area (TPSA) is 56.8 Å². The molecule has 3 aromatic rings. The van der Waals surface area contributed by atoms with E-state index in [1.807, 2.05) is 6.07 Å². The summed E-state index contributed by atoms with van der Waals surface area (Å²) in [5.41, 5.74) is 4.35. The van der Waals surface area contributed by atoms with Crippen LogP contribution >= 0.6 is 0 Å². The highest BCUT2D eigenvalue weighted by atomic mass is 16.5. The summed E-state index contributed by atoms with van der Waals surface area (Å²) in [5.74, 6) is 1.50. The van der Waals surface area contributed by atoms with Crippen LogP contribution in [0.15, 0.2) is 42.5 Å². The molecule has 0 heterocycles. The molecule has 3 aromatic carbocycles. The van der Waals surface area contributed by atoms with Crippen molar-refractivity contribution in [3.8, 4) is 17.2 Å². The number of hydrogen-bond acceptors (Lipinski definition) is 4. The molecule has 5 nitrogen and oxygen atoms in total. The normalized spacial score (nSPS) is 12.1. The minimum absolute atomic E-state index is 0.0898. The van der Waals surface area contributed by atoms with E-state index in [2.05, 4.69) is 29.6 Å². The van der Waals surface area contributed by atoms with Crippen molar-refractivity contribution in [1.82, 2.24) is 0 Å². The number of aryl methyl sites for hydroxylation is 2. The molecule has 0 radical (unpaired) electrons. The first-order valence-electron chi connectivity index (χ1n) is 9.26. The Labute approximate surface area is 164 Å². The molecule has 0 bridgehead atoms. The van der Waals surface area contributed by atoms with Crippen molar-refractivity contribution in [2.24, 2.45) is 0 Å². The first-order chi connectivity index (χ1) is 13.6. The number of rotatable bonds is 6. The van der Waals surface area contributed by atoms with Gasteiger partial charge in [0, 0.05) is 11.1 Å². The molecule has 0 spiro atoms. The van der Waals surface area contributed by atoms with E-state index in [9.17, 15) is 4.79 Å². The van der Waals surface area contributed by atoms with E-state index < -0.39 is 0 Å². The molecule has 1 amide bonds. The van der Waals surface area contributed by atoms with Gasteiger partial charge < -0.3 is 19.5 Å². The Morgan fingerprint density at radius 1 is 0.929 bits per heavy atom. The average molecular weight is 377 g/mol. The number of carbonyl (C=O) groups is 1. The van der Waals surface area contributed by atoms with E-state index in [1.165, 1.54) is 16.5 Å². The van der Waals surface area contributed by atoms with E-state index in [1.54, 1.807) is 33.5 Å².